The maximum atomic E-state index is 14.4. The molecule has 2 aliphatic rings. The molecule has 0 bridgehead atoms. The van der Waals surface area contributed by atoms with E-state index < -0.39 is 0 Å². The minimum Gasteiger partial charge on any atom is -0.373 e. The summed E-state index contributed by atoms with van der Waals surface area (Å²) in [4.78, 5) is 15.1. The summed E-state index contributed by atoms with van der Waals surface area (Å²) in [6, 6.07) is 11.1. The molecule has 2 saturated heterocycles. The van der Waals surface area contributed by atoms with Crippen LogP contribution < -0.4 is 10.2 Å². The highest BCUT2D eigenvalue weighted by Crippen LogP contribution is 2.40. The van der Waals surface area contributed by atoms with Crippen molar-refractivity contribution >= 4 is 28.3 Å². The average molecular weight is 478 g/mol. The molecule has 0 unspecified atom stereocenters. The molecule has 34 heavy (non-hydrogen) atoms. The zero-order valence-corrected chi connectivity index (χ0v) is 19.6. The normalized spacial score (nSPS) is 20.5. The van der Waals surface area contributed by atoms with Gasteiger partial charge in [-0.15, -0.1) is 0 Å². The summed E-state index contributed by atoms with van der Waals surface area (Å²) in [5.41, 5.74) is 6.08. The number of benzene rings is 2. The smallest absolute Gasteiger partial charge is 0.142 e. The van der Waals surface area contributed by atoms with Gasteiger partial charge in [-0.25, -0.2) is 9.37 Å². The van der Waals surface area contributed by atoms with E-state index in [0.717, 1.165) is 65.0 Å². The van der Waals surface area contributed by atoms with Crippen molar-refractivity contribution in [2.45, 2.75) is 25.5 Å². The van der Waals surface area contributed by atoms with Gasteiger partial charge in [0.05, 0.1) is 35.0 Å². The third kappa shape index (κ3) is 3.94. The highest BCUT2D eigenvalue weighted by molar-refractivity contribution is 6.31. The molecule has 2 aromatic carbocycles. The van der Waals surface area contributed by atoms with Crippen molar-refractivity contribution in [3.8, 4) is 22.5 Å². The van der Waals surface area contributed by atoms with E-state index in [9.17, 15) is 4.39 Å². The Kier molecular flexibility index (Phi) is 5.48. The SMILES string of the molecule is Cc1cc(F)cc(-c2cncc(-c3nc4ccc(Cl)cc4[nH]3)c2N2CC[C@H]3NCCO[C@@H]3C2)c1. The molecule has 8 heteroatoms. The second-order valence-corrected chi connectivity index (χ2v) is 9.49. The first-order valence-electron chi connectivity index (χ1n) is 11.6. The van der Waals surface area contributed by atoms with E-state index in [1.54, 1.807) is 6.07 Å². The number of H-pyrrole nitrogens is 1. The second kappa shape index (κ2) is 8.65. The summed E-state index contributed by atoms with van der Waals surface area (Å²) < 4.78 is 20.5. The summed E-state index contributed by atoms with van der Waals surface area (Å²) in [6.07, 6.45) is 4.71. The minimum absolute atomic E-state index is 0.0973. The number of rotatable bonds is 3. The number of aryl methyl sites for hydroxylation is 1. The van der Waals surface area contributed by atoms with E-state index in [-0.39, 0.29) is 11.9 Å². The van der Waals surface area contributed by atoms with Crippen molar-refractivity contribution in [2.75, 3.05) is 31.1 Å². The van der Waals surface area contributed by atoms with Crippen molar-refractivity contribution in [1.29, 1.82) is 0 Å². The molecular weight excluding hydrogens is 453 g/mol. The molecule has 2 fully saturated rings. The van der Waals surface area contributed by atoms with Gasteiger partial charge in [0.1, 0.15) is 11.6 Å². The molecule has 6 rings (SSSR count). The zero-order chi connectivity index (χ0) is 23.2. The van der Waals surface area contributed by atoms with Gasteiger partial charge >= 0.3 is 0 Å². The van der Waals surface area contributed by atoms with Crippen LogP contribution in [0.4, 0.5) is 10.1 Å². The molecule has 0 radical (unpaired) electrons. The lowest BCUT2D eigenvalue weighted by molar-refractivity contribution is -0.00899. The lowest BCUT2D eigenvalue weighted by Gasteiger charge is -2.43. The Bertz CT molecular complexity index is 1350. The number of aromatic nitrogens is 3. The molecule has 4 aromatic rings. The molecular formula is C26H25ClFN5O. The fraction of sp³-hybridized carbons (Fsp3) is 0.308. The Balaban J connectivity index is 1.52. The number of anilines is 1. The van der Waals surface area contributed by atoms with Gasteiger partial charge in [-0.3, -0.25) is 4.98 Å². The lowest BCUT2D eigenvalue weighted by Crippen LogP contribution is -2.57. The van der Waals surface area contributed by atoms with Crippen LogP contribution in [0.2, 0.25) is 5.02 Å². The minimum atomic E-state index is -0.261. The number of ether oxygens (including phenoxy) is 1. The highest BCUT2D eigenvalue weighted by Gasteiger charge is 2.34. The number of imidazole rings is 1. The predicted molar refractivity (Wildman–Crippen MR) is 133 cm³/mol. The zero-order valence-electron chi connectivity index (χ0n) is 18.8. The van der Waals surface area contributed by atoms with E-state index in [1.807, 2.05) is 43.6 Å². The van der Waals surface area contributed by atoms with Gasteiger partial charge in [0.25, 0.3) is 0 Å². The molecule has 0 spiro atoms. The first kappa shape index (κ1) is 21.5. The van der Waals surface area contributed by atoms with Gasteiger partial charge in [-0.05, 0) is 54.8 Å². The molecule has 0 saturated carbocycles. The molecule has 6 nitrogen and oxygen atoms in total. The van der Waals surface area contributed by atoms with E-state index in [2.05, 4.69) is 20.2 Å². The number of hydrogen-bond donors (Lipinski definition) is 2. The summed E-state index contributed by atoms with van der Waals surface area (Å²) >= 11 is 6.20. The first-order valence-corrected chi connectivity index (χ1v) is 11.9. The fourth-order valence-corrected chi connectivity index (χ4v) is 5.33. The molecule has 0 aliphatic carbocycles. The van der Waals surface area contributed by atoms with Gasteiger partial charge in [-0.2, -0.15) is 0 Å². The lowest BCUT2D eigenvalue weighted by atomic mass is 9.95. The number of hydrogen-bond acceptors (Lipinski definition) is 5. The van der Waals surface area contributed by atoms with Crippen LogP contribution in [-0.2, 0) is 4.74 Å². The van der Waals surface area contributed by atoms with Crippen molar-refractivity contribution < 1.29 is 9.13 Å². The maximum absolute atomic E-state index is 14.4. The topological polar surface area (TPSA) is 66.1 Å². The largest absolute Gasteiger partial charge is 0.373 e. The van der Waals surface area contributed by atoms with E-state index in [4.69, 9.17) is 21.3 Å². The van der Waals surface area contributed by atoms with Crippen LogP contribution in [0.3, 0.4) is 0 Å². The summed E-state index contributed by atoms with van der Waals surface area (Å²) in [6.45, 7) is 5.08. The standard InChI is InChI=1S/C26H25ClFN5O/c1-15-8-16(10-18(28)9-15)19-12-29-13-20(26-31-21-3-2-17(27)11-23(21)32-26)25(19)33-6-4-22-24(14-33)34-7-5-30-22/h2-3,8-13,22,24,30H,4-7,14H2,1H3,(H,31,32)/t22-,24-/m1/s1. The Morgan fingerprint density at radius 1 is 1.15 bits per heavy atom. The number of piperidine rings is 1. The molecule has 2 aliphatic heterocycles. The van der Waals surface area contributed by atoms with Gasteiger partial charge in [0.15, 0.2) is 0 Å². The number of pyridine rings is 1. The van der Waals surface area contributed by atoms with Crippen LogP contribution in [0.5, 0.6) is 0 Å². The number of fused-ring (bicyclic) bond motifs is 2. The Labute approximate surface area is 202 Å². The van der Waals surface area contributed by atoms with Crippen molar-refractivity contribution in [1.82, 2.24) is 20.3 Å². The van der Waals surface area contributed by atoms with Gasteiger partial charge < -0.3 is 19.9 Å². The Hall–Kier alpha value is -3.00. The molecule has 2 atom stereocenters. The third-order valence-corrected chi connectivity index (χ3v) is 6.92. The van der Waals surface area contributed by atoms with E-state index in [0.29, 0.717) is 23.5 Å². The van der Waals surface area contributed by atoms with E-state index in [1.165, 1.54) is 6.07 Å². The van der Waals surface area contributed by atoms with E-state index >= 15 is 0 Å². The highest BCUT2D eigenvalue weighted by atomic mass is 35.5. The second-order valence-electron chi connectivity index (χ2n) is 9.05. The monoisotopic (exact) mass is 477 g/mol. The van der Waals surface area contributed by atoms with Crippen LogP contribution in [-0.4, -0.2) is 53.3 Å². The number of morpholine rings is 1. The number of aromatic amines is 1. The van der Waals surface area contributed by atoms with Crippen molar-refractivity contribution in [3.63, 3.8) is 0 Å². The van der Waals surface area contributed by atoms with Crippen LogP contribution in [0.25, 0.3) is 33.5 Å². The van der Waals surface area contributed by atoms with Crippen LogP contribution in [0.1, 0.15) is 12.0 Å². The summed E-state index contributed by atoms with van der Waals surface area (Å²) in [5.74, 6) is 0.447. The number of nitrogens with one attached hydrogen (secondary N) is 2. The fourth-order valence-electron chi connectivity index (χ4n) is 5.16. The Morgan fingerprint density at radius 2 is 2.03 bits per heavy atom. The van der Waals surface area contributed by atoms with Gasteiger partial charge in [-0.1, -0.05) is 17.7 Å². The molecule has 4 heterocycles. The third-order valence-electron chi connectivity index (χ3n) is 6.69. The first-order chi connectivity index (χ1) is 16.5. The molecule has 2 aromatic heterocycles. The van der Waals surface area contributed by atoms with Gasteiger partial charge in [0, 0.05) is 48.7 Å². The molecule has 174 valence electrons. The van der Waals surface area contributed by atoms with Crippen molar-refractivity contribution in [2.24, 2.45) is 0 Å². The molecule has 0 amide bonds. The summed E-state index contributed by atoms with van der Waals surface area (Å²) in [7, 11) is 0. The average Bonchev–Trinajstić information content (AvgIpc) is 3.26. The van der Waals surface area contributed by atoms with Crippen LogP contribution in [0.15, 0.2) is 48.8 Å². The van der Waals surface area contributed by atoms with Crippen LogP contribution in [0, 0.1) is 12.7 Å². The van der Waals surface area contributed by atoms with Gasteiger partial charge in [0.2, 0.25) is 0 Å². The summed E-state index contributed by atoms with van der Waals surface area (Å²) in [5, 5.41) is 4.23. The quantitative estimate of drug-likeness (QED) is 0.436. The molecule has 2 N–H and O–H groups in total. The van der Waals surface area contributed by atoms with Crippen LogP contribution >= 0.6 is 11.6 Å². The Morgan fingerprint density at radius 3 is 2.91 bits per heavy atom. The number of nitrogens with zero attached hydrogens (tertiary/aromatic N) is 3. The van der Waals surface area contributed by atoms with Crippen molar-refractivity contribution in [3.05, 3.63) is 65.2 Å². The maximum Gasteiger partial charge on any atom is 0.142 e. The number of halogens is 2. The predicted octanol–water partition coefficient (Wildman–Crippen LogP) is 4.96.